The van der Waals surface area contributed by atoms with Gasteiger partial charge in [0.2, 0.25) is 6.29 Å². The predicted octanol–water partition coefficient (Wildman–Crippen LogP) is -5.46. The number of fused-ring (bicyclic) bond motifs is 7. The van der Waals surface area contributed by atoms with E-state index >= 15 is 4.79 Å². The molecule has 0 radical (unpaired) electrons. The molecule has 42 atom stereocenters. The van der Waals surface area contributed by atoms with Crippen molar-refractivity contribution >= 4 is 18.2 Å². The van der Waals surface area contributed by atoms with Gasteiger partial charge in [0.25, 0.3) is 0 Å². The lowest BCUT2D eigenvalue weighted by Gasteiger charge is -2.70. The van der Waals surface area contributed by atoms with E-state index < -0.39 is 274 Å². The predicted molar refractivity (Wildman–Crippen MR) is 341 cm³/mol. The topological polar surface area (TPSA) is 545 Å². The second-order valence-electron chi connectivity index (χ2n) is 33.0. The Morgan fingerprint density at radius 1 is 0.500 bits per heavy atom. The van der Waals surface area contributed by atoms with Gasteiger partial charge >= 0.3 is 11.9 Å². The standard InChI is InChI=1S/C69H108O35/c1-24-37(75)42(80)54(102-61-47(85)43(81)50(25(2)95-61)98-60-49(87)51(32(74)22-93-60)99-58-44(82)38(76)30(72)20-91-58)63(94-24)104-57(90)28-18-65(3,4)17-27-26(28)11-15-68(7)29(27)9-10-35-66(5)14-13-36(67(6,23-71)34(66)12-16-69(35,68)8)97-64-55(103-59-45(83)39(77)31(73)21-92-59)52(48(86)53(101-64)56(88)89)100-62-46(84)41(79)40(78)33(19-70)96-62/h9,23-28,30-55,58-64,70,72-87H,10-22H2,1-8H3,(H,88,89)/t24-,25+,26-,27+,28-,30-,31+,32-,33-,34+,35-,36+,37+,38+,39+,40+,41+,42+,43+,44-,45-,46-,47-,48+,49-,50+,51+,52+,53+,54-,55-,58+,59+,60+,61+,62+,63+,64-,66+,67+,68-,69-/m1/s1. The molecule has 5 aliphatic carbocycles. The van der Waals surface area contributed by atoms with Crippen LogP contribution in [0.2, 0.25) is 0 Å². The minimum atomic E-state index is -2.21. The summed E-state index contributed by atoms with van der Waals surface area (Å²) in [6.07, 6.45) is -49.2. The molecule has 0 aromatic carbocycles. The molecule has 0 unspecified atom stereocenters. The summed E-state index contributed by atoms with van der Waals surface area (Å²) in [5, 5.41) is 196. The minimum absolute atomic E-state index is 0.0403. The van der Waals surface area contributed by atoms with Gasteiger partial charge in [-0.3, -0.25) is 4.79 Å². The Morgan fingerprint density at radius 2 is 1.05 bits per heavy atom. The zero-order chi connectivity index (χ0) is 75.7. The van der Waals surface area contributed by atoms with Crippen LogP contribution in [0.25, 0.3) is 0 Å². The van der Waals surface area contributed by atoms with Crippen LogP contribution in [0.5, 0.6) is 0 Å². The quantitative estimate of drug-likeness (QED) is 0.0280. The van der Waals surface area contributed by atoms with E-state index in [0.29, 0.717) is 44.9 Å². The van der Waals surface area contributed by atoms with E-state index in [9.17, 15) is 102 Å². The van der Waals surface area contributed by atoms with E-state index in [1.54, 1.807) is 6.92 Å². The number of rotatable bonds is 17. The second-order valence-corrected chi connectivity index (χ2v) is 33.0. The van der Waals surface area contributed by atoms with Crippen molar-refractivity contribution in [3.63, 3.8) is 0 Å². The highest BCUT2D eigenvalue weighted by Gasteiger charge is 2.70. The van der Waals surface area contributed by atoms with Crippen molar-refractivity contribution in [1.29, 1.82) is 0 Å². The number of esters is 1. The Balaban J connectivity index is 0.743. The van der Waals surface area contributed by atoms with E-state index in [4.69, 9.17) is 66.3 Å². The van der Waals surface area contributed by atoms with Gasteiger partial charge in [-0.15, -0.1) is 0 Å². The fourth-order valence-electron chi connectivity index (χ4n) is 20.1. The van der Waals surface area contributed by atoms with Crippen LogP contribution in [-0.2, 0) is 80.7 Å². The average Bonchev–Trinajstić information content (AvgIpc) is 0.678. The number of aliphatic hydroxyl groups excluding tert-OH is 17. The van der Waals surface area contributed by atoms with Gasteiger partial charge in [0.15, 0.2) is 49.9 Å². The molecule has 11 fully saturated rings. The van der Waals surface area contributed by atoms with E-state index in [-0.39, 0.29) is 30.1 Å². The maximum atomic E-state index is 15.2. The summed E-state index contributed by atoms with van der Waals surface area (Å²) >= 11 is 0. The zero-order valence-corrected chi connectivity index (χ0v) is 59.3. The number of aliphatic carboxylic acids is 1. The number of aldehydes is 1. The lowest BCUT2D eigenvalue weighted by Crippen LogP contribution is -2.68. The van der Waals surface area contributed by atoms with Gasteiger partial charge in [-0.1, -0.05) is 53.2 Å². The van der Waals surface area contributed by atoms with Crippen LogP contribution < -0.4 is 0 Å². The van der Waals surface area contributed by atoms with Crippen LogP contribution in [-0.4, -0.2) is 339 Å². The van der Waals surface area contributed by atoms with E-state index in [2.05, 4.69) is 40.7 Å². The number of carbonyl (C=O) groups excluding carboxylic acids is 2. The van der Waals surface area contributed by atoms with Crippen molar-refractivity contribution in [3.8, 4) is 0 Å². The molecule has 35 heteroatoms. The molecule has 0 aromatic heterocycles. The Labute approximate surface area is 599 Å². The molecular formula is C69H108O35. The third-order valence-electron chi connectivity index (χ3n) is 26.2. The minimum Gasteiger partial charge on any atom is -0.479 e. The van der Waals surface area contributed by atoms with Crippen LogP contribution in [0.3, 0.4) is 0 Å². The molecule has 0 aromatic rings. The number of aliphatic hydroxyl groups is 17. The van der Waals surface area contributed by atoms with E-state index in [1.165, 1.54) is 19.4 Å². The third-order valence-corrected chi connectivity index (χ3v) is 26.2. The van der Waals surface area contributed by atoms with Gasteiger partial charge in [0.05, 0.1) is 56.1 Å². The highest BCUT2D eigenvalue weighted by Crippen LogP contribution is 2.75. The summed E-state index contributed by atoms with van der Waals surface area (Å²) in [5.74, 6) is -3.88. The Kier molecular flexibility index (Phi) is 23.8. The summed E-state index contributed by atoms with van der Waals surface area (Å²) in [5.41, 5.74) is -1.98. The number of carboxylic acids is 1. The van der Waals surface area contributed by atoms with Crippen LogP contribution in [0.4, 0.5) is 0 Å². The third kappa shape index (κ3) is 14.2. The summed E-state index contributed by atoms with van der Waals surface area (Å²) in [6.45, 7) is 13.3. The highest BCUT2D eigenvalue weighted by molar-refractivity contribution is 5.74. The Morgan fingerprint density at radius 3 is 1.67 bits per heavy atom. The highest BCUT2D eigenvalue weighted by atomic mass is 16.8. The summed E-state index contributed by atoms with van der Waals surface area (Å²) in [4.78, 5) is 42.3. The molecular weight excluding hydrogens is 1390 g/mol. The van der Waals surface area contributed by atoms with Gasteiger partial charge in [0.1, 0.15) is 134 Å². The van der Waals surface area contributed by atoms with Gasteiger partial charge in [-0.2, -0.15) is 0 Å². The molecule has 12 rings (SSSR count). The average molecular weight is 1500 g/mol. The lowest BCUT2D eigenvalue weighted by atomic mass is 9.34. The van der Waals surface area contributed by atoms with E-state index in [0.717, 1.165) is 12.7 Å². The number of carboxylic acid groups (broad SMARTS) is 1. The normalized spacial score (nSPS) is 54.8. The van der Waals surface area contributed by atoms with Gasteiger partial charge < -0.3 is 163 Å². The molecule has 0 amide bonds. The number of ether oxygens (including phenoxy) is 14. The largest absolute Gasteiger partial charge is 0.479 e. The van der Waals surface area contributed by atoms with E-state index in [1.807, 2.05) is 0 Å². The molecule has 7 aliphatic heterocycles. The molecule has 104 heavy (non-hydrogen) atoms. The maximum Gasteiger partial charge on any atom is 0.335 e. The van der Waals surface area contributed by atoms with Crippen molar-refractivity contribution < 1.29 is 173 Å². The monoisotopic (exact) mass is 1500 g/mol. The molecule has 18 N–H and O–H groups in total. The molecule has 0 bridgehead atoms. The first kappa shape index (κ1) is 80.7. The molecule has 4 saturated carbocycles. The van der Waals surface area contributed by atoms with Crippen molar-refractivity contribution in [2.45, 2.75) is 316 Å². The molecule has 35 nitrogen and oxygen atoms in total. The van der Waals surface area contributed by atoms with Crippen molar-refractivity contribution in [3.05, 3.63) is 11.6 Å². The molecule has 594 valence electrons. The number of allylic oxidation sites excluding steroid dienone is 2. The number of carbonyl (C=O) groups is 3. The van der Waals surface area contributed by atoms with Gasteiger partial charge in [-0.25, -0.2) is 4.79 Å². The zero-order valence-electron chi connectivity index (χ0n) is 59.3. The first-order valence-corrected chi connectivity index (χ1v) is 36.3. The number of hydrogen-bond acceptors (Lipinski definition) is 34. The summed E-state index contributed by atoms with van der Waals surface area (Å²) in [7, 11) is 0. The fraction of sp³-hybridized carbons (Fsp3) is 0.928. The number of hydrogen-bond donors (Lipinski definition) is 18. The SMILES string of the molecule is C[C@@H]1O[C@@H](O[C@H]2[C@H](OC(=O)[C@@H]3CC(C)(C)C[C@@H]4C5=CC[C@@H]6[C@@]7(C)CC[C@H](O[C@@H]8O[C@H](C(=O)O)[C@@H](O)[C@H](O[C@@H]9O[C@H](CO)[C@H](O)[C@H](O)[C@H]9O)[C@H]8O[C@@H]8OC[C@H](O)[C@H](O)[C@H]8O)[C@@](C)(C=O)[C@H]7CC[C@@]6(C)[C@]5(C)CC[C@H]43)O[C@H](C)[C@H](O)[C@@H]2O)[C@H](O)[C@H](O)[C@H]1O[C@@H]1OC[C@@H](O)[C@H](O[C@@H]2OC[C@@H](O)[C@H](O)[C@H]2O)[C@H]1O. The molecule has 7 heterocycles. The summed E-state index contributed by atoms with van der Waals surface area (Å²) in [6, 6.07) is 0. The summed E-state index contributed by atoms with van der Waals surface area (Å²) < 4.78 is 83.3. The van der Waals surface area contributed by atoms with Crippen LogP contribution in [0.1, 0.15) is 113 Å². The maximum absolute atomic E-state index is 15.2. The van der Waals surface area contributed by atoms with Gasteiger partial charge in [-0.05, 0) is 117 Å². The van der Waals surface area contributed by atoms with Gasteiger partial charge in [0, 0.05) is 0 Å². The Hall–Kier alpha value is -2.85. The van der Waals surface area contributed by atoms with Crippen molar-refractivity contribution in [1.82, 2.24) is 0 Å². The van der Waals surface area contributed by atoms with Crippen LogP contribution in [0, 0.1) is 56.7 Å². The fourth-order valence-corrected chi connectivity index (χ4v) is 20.1. The molecule has 7 saturated heterocycles. The van der Waals surface area contributed by atoms with Crippen LogP contribution >= 0.6 is 0 Å². The molecule has 0 spiro atoms. The molecule has 12 aliphatic rings. The Bertz CT molecular complexity index is 3020. The first-order valence-electron chi connectivity index (χ1n) is 36.3. The second kappa shape index (κ2) is 30.7. The lowest BCUT2D eigenvalue weighted by molar-refractivity contribution is -0.390. The van der Waals surface area contributed by atoms with Crippen LogP contribution in [0.15, 0.2) is 11.6 Å². The van der Waals surface area contributed by atoms with Crippen molar-refractivity contribution in [2.75, 3.05) is 26.4 Å². The van der Waals surface area contributed by atoms with Crippen molar-refractivity contribution in [2.24, 2.45) is 56.7 Å². The smallest absolute Gasteiger partial charge is 0.335 e. The first-order chi connectivity index (χ1) is 48.8.